The normalized spacial score (nSPS) is 27.0. The molecule has 6 nitrogen and oxygen atoms in total. The van der Waals surface area contributed by atoms with Gasteiger partial charge in [-0.25, -0.2) is 9.97 Å². The molecule has 4 atom stereocenters. The van der Waals surface area contributed by atoms with Crippen molar-refractivity contribution < 1.29 is 22.7 Å². The van der Waals surface area contributed by atoms with Crippen molar-refractivity contribution in [3.8, 4) is 0 Å². The van der Waals surface area contributed by atoms with Gasteiger partial charge in [-0.1, -0.05) is 32.6 Å². The number of unbranched alkanes of at least 4 members (excludes halogenated alkanes) is 3. The van der Waals surface area contributed by atoms with Crippen LogP contribution in [0.15, 0.2) is 12.4 Å². The minimum Gasteiger partial charge on any atom is -0.441 e. The number of aromatic nitrogens is 2. The number of anilines is 1. The molecule has 1 radical (unpaired) electrons. The highest BCUT2D eigenvalue weighted by Crippen LogP contribution is 2.40. The average Bonchev–Trinajstić information content (AvgIpc) is 2.72. The van der Waals surface area contributed by atoms with Gasteiger partial charge in [0.1, 0.15) is 5.82 Å². The van der Waals surface area contributed by atoms with E-state index in [1.54, 1.807) is 0 Å². The molecule has 167 valence electrons. The molecule has 2 bridgehead atoms. The Balaban J connectivity index is 1.64. The number of piperidine rings is 2. The van der Waals surface area contributed by atoms with Crippen molar-refractivity contribution in [1.29, 1.82) is 0 Å². The summed E-state index contributed by atoms with van der Waals surface area (Å²) in [6.07, 6.45) is 4.48. The smallest absolute Gasteiger partial charge is 0.434 e. The fourth-order valence-corrected chi connectivity index (χ4v) is 4.21. The first-order valence-electron chi connectivity index (χ1n) is 10.7. The highest BCUT2D eigenvalue weighted by Gasteiger charge is 2.51. The lowest BCUT2D eigenvalue weighted by molar-refractivity contribution is -0.181. The fraction of sp³-hybridized carbons (Fsp3) is 0.714. The summed E-state index contributed by atoms with van der Waals surface area (Å²) in [6, 6.07) is -0.299. The first-order chi connectivity index (χ1) is 14.2. The Kier molecular flexibility index (Phi) is 7.21. The van der Waals surface area contributed by atoms with Crippen LogP contribution in [0.25, 0.3) is 0 Å². The van der Waals surface area contributed by atoms with Gasteiger partial charge in [-0.2, -0.15) is 13.2 Å². The molecule has 4 rings (SSSR count). The van der Waals surface area contributed by atoms with Gasteiger partial charge in [-0.05, 0) is 32.1 Å². The zero-order chi connectivity index (χ0) is 21.8. The third-order valence-corrected chi connectivity index (χ3v) is 6.03. The molecule has 3 fully saturated rings. The molecule has 2 N–H and O–H groups in total. The summed E-state index contributed by atoms with van der Waals surface area (Å²) in [4.78, 5) is 20.0. The Morgan fingerprint density at radius 1 is 1.37 bits per heavy atom. The predicted octanol–water partition coefficient (Wildman–Crippen LogP) is 4.34. The molecular weight excluding hydrogens is 397 g/mol. The van der Waals surface area contributed by atoms with Crippen LogP contribution in [-0.4, -0.2) is 34.2 Å². The summed E-state index contributed by atoms with van der Waals surface area (Å²) in [5.41, 5.74) is -1.95. The molecule has 4 unspecified atom stereocenters. The molecule has 1 aromatic heterocycles. The summed E-state index contributed by atoms with van der Waals surface area (Å²) in [7, 11) is 0. The Labute approximate surface area is 175 Å². The first-order valence-corrected chi connectivity index (χ1v) is 10.7. The fourth-order valence-electron chi connectivity index (χ4n) is 4.21. The van der Waals surface area contributed by atoms with Gasteiger partial charge in [0.15, 0.2) is 11.4 Å². The average molecular weight is 427 g/mol. The lowest BCUT2D eigenvalue weighted by atomic mass is 9.75. The van der Waals surface area contributed by atoms with E-state index >= 15 is 0 Å². The van der Waals surface area contributed by atoms with E-state index in [0.717, 1.165) is 51.3 Å². The van der Waals surface area contributed by atoms with E-state index in [9.17, 15) is 18.0 Å². The van der Waals surface area contributed by atoms with Gasteiger partial charge in [0, 0.05) is 13.0 Å². The summed E-state index contributed by atoms with van der Waals surface area (Å²) in [5, 5.41) is 6.47. The van der Waals surface area contributed by atoms with Crippen LogP contribution in [0, 0.1) is 18.8 Å². The van der Waals surface area contributed by atoms with Gasteiger partial charge >= 0.3 is 12.1 Å². The van der Waals surface area contributed by atoms with Crippen molar-refractivity contribution in [2.75, 3.05) is 11.9 Å². The van der Waals surface area contributed by atoms with E-state index in [4.69, 9.17) is 4.74 Å². The van der Waals surface area contributed by atoms with Crippen molar-refractivity contribution >= 4 is 11.8 Å². The number of rotatable bonds is 9. The number of carbonyl (C=O) groups is 1. The molecule has 1 saturated carbocycles. The van der Waals surface area contributed by atoms with Gasteiger partial charge in [-0.15, -0.1) is 0 Å². The molecule has 3 heterocycles. The Hall–Kier alpha value is -1.90. The topological polar surface area (TPSA) is 76.1 Å². The van der Waals surface area contributed by atoms with E-state index < -0.39 is 23.5 Å². The van der Waals surface area contributed by atoms with Gasteiger partial charge in [0.2, 0.25) is 0 Å². The van der Waals surface area contributed by atoms with Crippen LogP contribution in [0.4, 0.5) is 19.0 Å². The highest BCUT2D eigenvalue weighted by molar-refractivity contribution is 5.73. The van der Waals surface area contributed by atoms with Crippen LogP contribution in [0.5, 0.6) is 0 Å². The third kappa shape index (κ3) is 5.42. The van der Waals surface area contributed by atoms with Crippen molar-refractivity contribution in [2.24, 2.45) is 11.8 Å². The predicted molar refractivity (Wildman–Crippen MR) is 106 cm³/mol. The maximum atomic E-state index is 12.7. The molecule has 0 aromatic carbocycles. The molecule has 0 spiro atoms. The number of esters is 1. The van der Waals surface area contributed by atoms with Gasteiger partial charge < -0.3 is 10.1 Å². The van der Waals surface area contributed by atoms with E-state index in [1.807, 2.05) is 0 Å². The minimum absolute atomic E-state index is 0.225. The number of hydrogen-bond donors (Lipinski definition) is 2. The number of halogens is 3. The first kappa shape index (κ1) is 22.8. The van der Waals surface area contributed by atoms with Crippen molar-refractivity contribution in [1.82, 2.24) is 15.3 Å². The molecular formula is C21H30F3N4O2. The second-order valence-electron chi connectivity index (χ2n) is 8.36. The number of hydrogen-bond acceptors (Lipinski definition) is 6. The lowest BCUT2D eigenvalue weighted by Crippen LogP contribution is -2.68. The Bertz CT molecular complexity index is 703. The molecule has 30 heavy (non-hydrogen) atoms. The lowest BCUT2D eigenvalue weighted by Gasteiger charge is -2.52. The zero-order valence-electron chi connectivity index (χ0n) is 17.3. The monoisotopic (exact) mass is 427 g/mol. The van der Waals surface area contributed by atoms with Crippen molar-refractivity contribution in [3.63, 3.8) is 0 Å². The van der Waals surface area contributed by atoms with E-state index in [0.29, 0.717) is 25.0 Å². The van der Waals surface area contributed by atoms with E-state index in [-0.39, 0.29) is 17.8 Å². The maximum absolute atomic E-state index is 12.7. The van der Waals surface area contributed by atoms with Crippen LogP contribution in [0.1, 0.15) is 64.0 Å². The second-order valence-corrected chi connectivity index (χ2v) is 8.36. The minimum atomic E-state index is -4.53. The van der Waals surface area contributed by atoms with Crippen LogP contribution in [-0.2, 0) is 15.7 Å². The van der Waals surface area contributed by atoms with Crippen molar-refractivity contribution in [3.05, 3.63) is 25.0 Å². The standard InChI is InChI=1S/C21H30F3N4O2/c1-3-4-5-6-7-14(2)19(29)30-20-9-8-15(11-27-20)10-16(20)28-18-13-25-17(12-26-18)21(22,23)24/h12-16,27H,2-11H2,1H3,(H,26,28). The highest BCUT2D eigenvalue weighted by atomic mass is 19.4. The maximum Gasteiger partial charge on any atom is 0.434 e. The summed E-state index contributed by atoms with van der Waals surface area (Å²) < 4.78 is 44.1. The molecule has 3 aliphatic rings. The van der Waals surface area contributed by atoms with Gasteiger partial charge in [0.25, 0.3) is 0 Å². The van der Waals surface area contributed by atoms with E-state index in [2.05, 4.69) is 34.4 Å². The summed E-state index contributed by atoms with van der Waals surface area (Å²) >= 11 is 0. The Morgan fingerprint density at radius 3 is 2.77 bits per heavy atom. The third-order valence-electron chi connectivity index (χ3n) is 6.03. The quantitative estimate of drug-likeness (QED) is 0.451. The van der Waals surface area contributed by atoms with Gasteiger partial charge in [0.05, 0.1) is 24.4 Å². The van der Waals surface area contributed by atoms with Crippen molar-refractivity contribution in [2.45, 2.75) is 76.2 Å². The zero-order valence-corrected chi connectivity index (χ0v) is 17.3. The molecule has 1 aliphatic carbocycles. The SMILES string of the molecule is [CH2]C(CCCCCC)C(=O)OC12CCC(CN1)CC2Nc1cnc(C(F)(F)F)cn1. The number of nitrogens with zero attached hydrogens (tertiary/aromatic N) is 2. The number of fused-ring (bicyclic) bond motifs is 3. The number of alkyl halides is 3. The van der Waals surface area contributed by atoms with Gasteiger partial charge in [-0.3, -0.25) is 10.1 Å². The largest absolute Gasteiger partial charge is 0.441 e. The van der Waals surface area contributed by atoms with Crippen LogP contribution in [0.2, 0.25) is 0 Å². The molecule has 9 heteroatoms. The van der Waals surface area contributed by atoms with E-state index in [1.165, 1.54) is 0 Å². The molecule has 2 saturated heterocycles. The molecule has 1 aromatic rings. The summed E-state index contributed by atoms with van der Waals surface area (Å²) in [6.45, 7) is 6.84. The summed E-state index contributed by atoms with van der Waals surface area (Å²) in [5.74, 6) is -0.146. The molecule has 0 amide bonds. The number of nitrogens with one attached hydrogen (secondary N) is 2. The number of carbonyl (C=O) groups excluding carboxylic acids is 1. The van der Waals surface area contributed by atoms with Crippen LogP contribution < -0.4 is 10.6 Å². The Morgan fingerprint density at radius 2 is 2.17 bits per heavy atom. The second kappa shape index (κ2) is 9.49. The number of ether oxygens (including phenoxy) is 1. The molecule has 2 aliphatic heterocycles. The van der Waals surface area contributed by atoms with Crippen LogP contribution in [0.3, 0.4) is 0 Å². The van der Waals surface area contributed by atoms with Crippen LogP contribution >= 0.6 is 0 Å².